The van der Waals surface area contributed by atoms with Crippen LogP contribution in [0.5, 0.6) is 0 Å². The number of primary amides is 1. The van der Waals surface area contributed by atoms with Crippen LogP contribution in [0.25, 0.3) is 0 Å². The van der Waals surface area contributed by atoms with Crippen molar-refractivity contribution in [1.29, 1.82) is 0 Å². The smallest absolute Gasteiger partial charge is 0.287 e. The van der Waals surface area contributed by atoms with Gasteiger partial charge in [-0.15, -0.1) is 11.3 Å². The van der Waals surface area contributed by atoms with Crippen LogP contribution in [-0.2, 0) is 19.2 Å². The molecular weight excluding hydrogens is 514 g/mol. The first-order valence-corrected chi connectivity index (χ1v) is 15.5. The number of carbonyl (C=O) groups is 4. The van der Waals surface area contributed by atoms with Crippen LogP contribution < -0.4 is 16.4 Å². The SMILES string of the molecule is Cc1nc(N[C@H](C(=O)N2C[C@@H]3C([C@H]2C(=O)NC(CC2CCC2)C(=O)C(N)=O)C3(C)C)C2CCCCC2)sc1C. The van der Waals surface area contributed by atoms with E-state index < -0.39 is 29.8 Å². The lowest BCUT2D eigenvalue weighted by Crippen LogP contribution is -2.58. The fourth-order valence-corrected chi connectivity index (χ4v) is 8.08. The third-order valence-electron chi connectivity index (χ3n) is 10.1. The Morgan fingerprint density at radius 1 is 1.08 bits per heavy atom. The summed E-state index contributed by atoms with van der Waals surface area (Å²) in [5.74, 6) is -1.47. The van der Waals surface area contributed by atoms with Gasteiger partial charge in [-0.05, 0) is 62.2 Å². The zero-order valence-corrected chi connectivity index (χ0v) is 24.4. The fraction of sp³-hybridized carbons (Fsp3) is 0.759. The maximum absolute atomic E-state index is 14.3. The number of carbonyl (C=O) groups excluding carboxylic acids is 4. The van der Waals surface area contributed by atoms with Crippen molar-refractivity contribution in [3.05, 3.63) is 10.6 Å². The summed E-state index contributed by atoms with van der Waals surface area (Å²) in [6.07, 6.45) is 8.75. The summed E-state index contributed by atoms with van der Waals surface area (Å²) >= 11 is 1.56. The number of hydrogen-bond donors (Lipinski definition) is 3. The van der Waals surface area contributed by atoms with Crippen LogP contribution in [0, 0.1) is 42.9 Å². The molecule has 0 radical (unpaired) electrons. The van der Waals surface area contributed by atoms with Crippen LogP contribution in [-0.4, -0.2) is 58.1 Å². The normalized spacial score (nSPS) is 27.7. The summed E-state index contributed by atoms with van der Waals surface area (Å²) in [5, 5.41) is 7.11. The van der Waals surface area contributed by atoms with Crippen molar-refractivity contribution >= 4 is 40.0 Å². The van der Waals surface area contributed by atoms with Gasteiger partial charge in [-0.1, -0.05) is 52.4 Å². The van der Waals surface area contributed by atoms with E-state index in [2.05, 4.69) is 29.5 Å². The van der Waals surface area contributed by atoms with Crippen LogP contribution in [0.1, 0.15) is 82.2 Å². The number of thiazole rings is 1. The zero-order valence-electron chi connectivity index (χ0n) is 23.6. The summed E-state index contributed by atoms with van der Waals surface area (Å²) in [7, 11) is 0. The number of anilines is 1. The number of nitrogens with two attached hydrogens (primary N) is 1. The second kappa shape index (κ2) is 10.8. The quantitative estimate of drug-likeness (QED) is 0.378. The molecule has 3 saturated carbocycles. The molecule has 0 aromatic carbocycles. The molecule has 1 aliphatic heterocycles. The van der Waals surface area contributed by atoms with Crippen molar-refractivity contribution in [2.24, 2.45) is 34.8 Å². The Bertz CT molecular complexity index is 1120. The molecule has 1 aromatic rings. The molecule has 9 nitrogen and oxygen atoms in total. The van der Waals surface area contributed by atoms with Crippen LogP contribution in [0.2, 0.25) is 0 Å². The number of Topliss-reactive ketones (excluding diaryl/α,β-unsaturated/α-hetero) is 1. The Kier molecular flexibility index (Phi) is 7.79. The number of rotatable bonds is 10. The molecule has 4 N–H and O–H groups in total. The maximum atomic E-state index is 14.3. The highest BCUT2D eigenvalue weighted by molar-refractivity contribution is 7.15. The number of nitrogens with zero attached hydrogens (tertiary/aromatic N) is 2. The highest BCUT2D eigenvalue weighted by atomic mass is 32.1. The van der Waals surface area contributed by atoms with Crippen LogP contribution >= 0.6 is 11.3 Å². The molecule has 4 fully saturated rings. The summed E-state index contributed by atoms with van der Waals surface area (Å²) in [4.78, 5) is 60.2. The summed E-state index contributed by atoms with van der Waals surface area (Å²) in [5.41, 5.74) is 6.24. The molecule has 3 amide bonds. The van der Waals surface area contributed by atoms with Gasteiger partial charge >= 0.3 is 0 Å². The lowest BCUT2D eigenvalue weighted by molar-refractivity contribution is -0.144. The van der Waals surface area contributed by atoms with Gasteiger partial charge < -0.3 is 21.3 Å². The number of fused-ring (bicyclic) bond motifs is 1. The van der Waals surface area contributed by atoms with E-state index in [-0.39, 0.29) is 35.0 Å². The summed E-state index contributed by atoms with van der Waals surface area (Å²) < 4.78 is 0. The monoisotopic (exact) mass is 557 g/mol. The highest BCUT2D eigenvalue weighted by Crippen LogP contribution is 2.65. The largest absolute Gasteiger partial charge is 0.363 e. The Balaban J connectivity index is 1.39. The van der Waals surface area contributed by atoms with Gasteiger partial charge in [-0.2, -0.15) is 0 Å². The molecule has 2 unspecified atom stereocenters. The minimum Gasteiger partial charge on any atom is -0.363 e. The lowest BCUT2D eigenvalue weighted by atomic mass is 9.80. The maximum Gasteiger partial charge on any atom is 0.287 e. The summed E-state index contributed by atoms with van der Waals surface area (Å²) in [6, 6.07) is -2.06. The van der Waals surface area contributed by atoms with Crippen molar-refractivity contribution in [3.8, 4) is 0 Å². The Morgan fingerprint density at radius 2 is 1.77 bits per heavy atom. The average Bonchev–Trinajstić information content (AvgIpc) is 3.18. The van der Waals surface area contributed by atoms with E-state index in [4.69, 9.17) is 5.73 Å². The minimum atomic E-state index is -1.03. The second-order valence-corrected chi connectivity index (χ2v) is 14.1. The topological polar surface area (TPSA) is 134 Å². The Morgan fingerprint density at radius 3 is 2.33 bits per heavy atom. The van der Waals surface area contributed by atoms with Gasteiger partial charge in [0, 0.05) is 11.4 Å². The number of nitrogens with one attached hydrogen (secondary N) is 2. The van der Waals surface area contributed by atoms with Gasteiger partial charge in [0.15, 0.2) is 5.13 Å². The average molecular weight is 558 g/mol. The third-order valence-corrected chi connectivity index (χ3v) is 11.1. The predicted octanol–water partition coefficient (Wildman–Crippen LogP) is 3.33. The van der Waals surface area contributed by atoms with E-state index >= 15 is 0 Å². The summed E-state index contributed by atoms with van der Waals surface area (Å²) in [6.45, 7) is 8.80. The first-order valence-electron chi connectivity index (χ1n) is 14.6. The van der Waals surface area contributed by atoms with Crippen molar-refractivity contribution in [2.45, 2.75) is 104 Å². The molecule has 4 aliphatic rings. The van der Waals surface area contributed by atoms with Crippen LogP contribution in [0.3, 0.4) is 0 Å². The molecule has 214 valence electrons. The number of ketones is 1. The van der Waals surface area contributed by atoms with Crippen molar-refractivity contribution in [3.63, 3.8) is 0 Å². The zero-order chi connectivity index (χ0) is 28.1. The molecule has 39 heavy (non-hydrogen) atoms. The fourth-order valence-electron chi connectivity index (χ4n) is 7.23. The van der Waals surface area contributed by atoms with Gasteiger partial charge in [-0.3, -0.25) is 19.2 Å². The van der Waals surface area contributed by atoms with E-state index in [0.717, 1.165) is 60.6 Å². The molecule has 3 aliphatic carbocycles. The third kappa shape index (κ3) is 5.45. The number of piperidine rings is 1. The molecule has 5 rings (SSSR count). The number of likely N-dealkylation sites (tertiary alicyclic amines) is 1. The van der Waals surface area contributed by atoms with E-state index in [9.17, 15) is 19.2 Å². The molecule has 5 atom stereocenters. The van der Waals surface area contributed by atoms with Crippen LogP contribution in [0.15, 0.2) is 0 Å². The van der Waals surface area contributed by atoms with Gasteiger partial charge in [0.1, 0.15) is 12.1 Å². The Hall–Kier alpha value is -2.49. The van der Waals surface area contributed by atoms with Crippen LogP contribution in [0.4, 0.5) is 5.13 Å². The number of amides is 3. The van der Waals surface area contributed by atoms with Gasteiger partial charge in [-0.25, -0.2) is 4.98 Å². The standard InChI is InChI=1S/C29H43N5O4S/c1-15-16(2)39-28(31-15)33-22(18-11-6-5-7-12-18)27(38)34-14-19-21(29(19,3)4)23(34)26(37)32-20(24(35)25(30)36)13-17-9-8-10-17/h17-23H,5-14H2,1-4H3,(H2,30,36)(H,31,33)(H,32,37)/t19-,20?,21?,22+,23+/m1/s1. The van der Waals surface area contributed by atoms with Crippen molar-refractivity contribution in [1.82, 2.24) is 15.2 Å². The molecular formula is C29H43N5O4S. The van der Waals surface area contributed by atoms with Gasteiger partial charge in [0.2, 0.25) is 17.6 Å². The lowest BCUT2D eigenvalue weighted by Gasteiger charge is -2.37. The number of aryl methyl sites for hydroxylation is 2. The van der Waals surface area contributed by atoms with Gasteiger partial charge in [0.05, 0.1) is 11.7 Å². The molecule has 1 saturated heterocycles. The first kappa shape index (κ1) is 28.1. The highest BCUT2D eigenvalue weighted by Gasteiger charge is 2.69. The number of hydrogen-bond acceptors (Lipinski definition) is 7. The van der Waals surface area contributed by atoms with Crippen molar-refractivity contribution < 1.29 is 19.2 Å². The second-order valence-electron chi connectivity index (χ2n) is 12.9. The van der Waals surface area contributed by atoms with Gasteiger partial charge in [0.25, 0.3) is 5.91 Å². The minimum absolute atomic E-state index is 0.0193. The van der Waals surface area contributed by atoms with E-state index in [1.807, 2.05) is 13.8 Å². The van der Waals surface area contributed by atoms with E-state index in [1.165, 1.54) is 6.42 Å². The number of aromatic nitrogens is 1. The van der Waals surface area contributed by atoms with E-state index in [0.29, 0.717) is 18.9 Å². The predicted molar refractivity (Wildman–Crippen MR) is 150 cm³/mol. The van der Waals surface area contributed by atoms with E-state index in [1.54, 1.807) is 16.2 Å². The molecule has 1 aromatic heterocycles. The molecule has 2 heterocycles. The van der Waals surface area contributed by atoms with Crippen molar-refractivity contribution in [2.75, 3.05) is 11.9 Å². The first-order chi connectivity index (χ1) is 18.5. The molecule has 0 bridgehead atoms. The Labute approximate surface area is 235 Å². The molecule has 10 heteroatoms. The molecule has 0 spiro atoms.